The van der Waals surface area contributed by atoms with Crippen molar-refractivity contribution in [2.75, 3.05) is 0 Å². The number of rotatable bonds is 9. The normalized spacial score (nSPS) is 15.2. The second kappa shape index (κ2) is 8.86. The standard InChI is InChI=1S/C19H30O2/c1-5-10-16(3)14-19(4,13-6-2)18(20)21-15-17-11-8-7-9-12-17/h7-9,11-12,16H,5-6,10,13-15H2,1-4H3. The van der Waals surface area contributed by atoms with E-state index < -0.39 is 0 Å². The molecule has 118 valence electrons. The Labute approximate surface area is 129 Å². The maximum atomic E-state index is 12.5. The molecule has 2 atom stereocenters. The van der Waals surface area contributed by atoms with Crippen molar-refractivity contribution in [1.29, 1.82) is 0 Å². The lowest BCUT2D eigenvalue weighted by atomic mass is 9.77. The van der Waals surface area contributed by atoms with Gasteiger partial charge in [-0.25, -0.2) is 0 Å². The Morgan fingerprint density at radius 3 is 2.43 bits per heavy atom. The van der Waals surface area contributed by atoms with E-state index in [1.807, 2.05) is 30.3 Å². The third kappa shape index (κ3) is 5.91. The van der Waals surface area contributed by atoms with Crippen molar-refractivity contribution in [2.45, 2.75) is 66.4 Å². The van der Waals surface area contributed by atoms with E-state index in [-0.39, 0.29) is 11.4 Å². The highest BCUT2D eigenvalue weighted by Gasteiger charge is 2.35. The van der Waals surface area contributed by atoms with Gasteiger partial charge in [-0.2, -0.15) is 0 Å². The molecule has 0 heterocycles. The van der Waals surface area contributed by atoms with E-state index >= 15 is 0 Å². The van der Waals surface area contributed by atoms with Crippen molar-refractivity contribution in [3.8, 4) is 0 Å². The molecule has 21 heavy (non-hydrogen) atoms. The van der Waals surface area contributed by atoms with Gasteiger partial charge in [0.15, 0.2) is 0 Å². The molecule has 0 N–H and O–H groups in total. The first-order valence-corrected chi connectivity index (χ1v) is 8.23. The molecule has 2 nitrogen and oxygen atoms in total. The molecule has 0 spiro atoms. The molecule has 0 aliphatic carbocycles. The van der Waals surface area contributed by atoms with Gasteiger partial charge in [-0.3, -0.25) is 4.79 Å². The van der Waals surface area contributed by atoms with E-state index in [4.69, 9.17) is 4.74 Å². The molecule has 1 aromatic rings. The van der Waals surface area contributed by atoms with Gasteiger partial charge in [0.25, 0.3) is 0 Å². The molecule has 0 saturated carbocycles. The van der Waals surface area contributed by atoms with E-state index in [1.165, 1.54) is 12.8 Å². The number of esters is 1. The molecule has 0 fully saturated rings. The van der Waals surface area contributed by atoms with E-state index in [0.29, 0.717) is 12.5 Å². The van der Waals surface area contributed by atoms with Gasteiger partial charge in [-0.1, -0.05) is 70.4 Å². The molecular formula is C19H30O2. The topological polar surface area (TPSA) is 26.3 Å². The van der Waals surface area contributed by atoms with Gasteiger partial charge in [-0.15, -0.1) is 0 Å². The summed E-state index contributed by atoms with van der Waals surface area (Å²) in [6.45, 7) is 9.01. The van der Waals surface area contributed by atoms with Gasteiger partial charge < -0.3 is 4.74 Å². The van der Waals surface area contributed by atoms with Crippen LogP contribution in [0.15, 0.2) is 30.3 Å². The minimum absolute atomic E-state index is 0.0452. The molecule has 0 radical (unpaired) electrons. The molecule has 0 aliphatic heterocycles. The molecule has 2 unspecified atom stereocenters. The first-order chi connectivity index (χ1) is 10.0. The Bertz CT molecular complexity index is 413. The second-order valence-corrected chi connectivity index (χ2v) is 6.47. The number of carbonyl (C=O) groups is 1. The predicted octanol–water partition coefficient (Wildman–Crippen LogP) is 5.36. The van der Waals surface area contributed by atoms with Gasteiger partial charge in [0.05, 0.1) is 5.41 Å². The van der Waals surface area contributed by atoms with Crippen molar-refractivity contribution in [3.05, 3.63) is 35.9 Å². The monoisotopic (exact) mass is 290 g/mol. The van der Waals surface area contributed by atoms with E-state index in [1.54, 1.807) is 0 Å². The van der Waals surface area contributed by atoms with Crippen molar-refractivity contribution in [1.82, 2.24) is 0 Å². The highest BCUT2D eigenvalue weighted by Crippen LogP contribution is 2.34. The first-order valence-electron chi connectivity index (χ1n) is 8.23. The fourth-order valence-corrected chi connectivity index (χ4v) is 3.10. The summed E-state index contributed by atoms with van der Waals surface area (Å²) >= 11 is 0. The van der Waals surface area contributed by atoms with Gasteiger partial charge >= 0.3 is 5.97 Å². The van der Waals surface area contributed by atoms with Crippen molar-refractivity contribution in [3.63, 3.8) is 0 Å². The van der Waals surface area contributed by atoms with Crippen LogP contribution >= 0.6 is 0 Å². The van der Waals surface area contributed by atoms with E-state index in [0.717, 1.165) is 24.8 Å². The van der Waals surface area contributed by atoms with Crippen LogP contribution in [0.4, 0.5) is 0 Å². The lowest BCUT2D eigenvalue weighted by Crippen LogP contribution is -2.31. The summed E-state index contributed by atoms with van der Waals surface area (Å²) in [6.07, 6.45) is 5.17. The van der Waals surface area contributed by atoms with Crippen molar-refractivity contribution in [2.24, 2.45) is 11.3 Å². The zero-order valence-corrected chi connectivity index (χ0v) is 14.0. The van der Waals surface area contributed by atoms with E-state index in [9.17, 15) is 4.79 Å². The minimum Gasteiger partial charge on any atom is -0.460 e. The Balaban J connectivity index is 2.63. The third-order valence-electron chi connectivity index (χ3n) is 4.09. The number of carbonyl (C=O) groups excluding carboxylic acids is 1. The Morgan fingerprint density at radius 1 is 1.19 bits per heavy atom. The van der Waals surface area contributed by atoms with Crippen LogP contribution in [0.2, 0.25) is 0 Å². The van der Waals surface area contributed by atoms with Crippen LogP contribution in [0.1, 0.15) is 65.4 Å². The molecule has 0 aliphatic rings. The van der Waals surface area contributed by atoms with Crippen molar-refractivity contribution >= 4 is 5.97 Å². The zero-order chi connectivity index (χ0) is 15.7. The SMILES string of the molecule is CCCC(C)CC(C)(CCC)C(=O)OCc1ccccc1. The summed E-state index contributed by atoms with van der Waals surface area (Å²) in [6, 6.07) is 9.89. The first kappa shape index (κ1) is 17.7. The van der Waals surface area contributed by atoms with Gasteiger partial charge in [0, 0.05) is 0 Å². The summed E-state index contributed by atoms with van der Waals surface area (Å²) in [4.78, 5) is 12.5. The largest absolute Gasteiger partial charge is 0.460 e. The molecule has 1 aromatic carbocycles. The summed E-state index contributed by atoms with van der Waals surface area (Å²) in [7, 11) is 0. The average Bonchev–Trinajstić information content (AvgIpc) is 2.46. The number of hydrogen-bond donors (Lipinski definition) is 0. The molecule has 0 saturated heterocycles. The third-order valence-corrected chi connectivity index (χ3v) is 4.09. The van der Waals surface area contributed by atoms with Crippen LogP contribution in [0.3, 0.4) is 0 Å². The van der Waals surface area contributed by atoms with Crippen LogP contribution in [0.25, 0.3) is 0 Å². The van der Waals surface area contributed by atoms with Crippen LogP contribution in [-0.2, 0) is 16.1 Å². The van der Waals surface area contributed by atoms with Gasteiger partial charge in [0.2, 0.25) is 0 Å². The summed E-state index contributed by atoms with van der Waals surface area (Å²) in [5.74, 6) is 0.520. The molecule has 0 bridgehead atoms. The summed E-state index contributed by atoms with van der Waals surface area (Å²) in [5, 5.41) is 0. The van der Waals surface area contributed by atoms with Crippen LogP contribution in [-0.4, -0.2) is 5.97 Å². The van der Waals surface area contributed by atoms with Crippen LogP contribution in [0, 0.1) is 11.3 Å². The smallest absolute Gasteiger partial charge is 0.312 e. The number of hydrogen-bond acceptors (Lipinski definition) is 2. The van der Waals surface area contributed by atoms with Crippen LogP contribution in [0.5, 0.6) is 0 Å². The Hall–Kier alpha value is -1.31. The maximum Gasteiger partial charge on any atom is 0.312 e. The quantitative estimate of drug-likeness (QED) is 0.572. The highest BCUT2D eigenvalue weighted by molar-refractivity contribution is 5.76. The zero-order valence-electron chi connectivity index (χ0n) is 14.0. The molecular weight excluding hydrogens is 260 g/mol. The van der Waals surface area contributed by atoms with Crippen molar-refractivity contribution < 1.29 is 9.53 Å². The van der Waals surface area contributed by atoms with Crippen LogP contribution < -0.4 is 0 Å². The minimum atomic E-state index is -0.349. The van der Waals surface area contributed by atoms with Gasteiger partial charge in [-0.05, 0) is 31.2 Å². The van der Waals surface area contributed by atoms with E-state index in [2.05, 4.69) is 27.7 Å². The molecule has 2 heteroatoms. The summed E-state index contributed by atoms with van der Waals surface area (Å²) in [5.41, 5.74) is 0.698. The number of benzene rings is 1. The fraction of sp³-hybridized carbons (Fsp3) is 0.632. The van der Waals surface area contributed by atoms with Gasteiger partial charge in [0.1, 0.15) is 6.61 Å². The second-order valence-electron chi connectivity index (χ2n) is 6.47. The summed E-state index contributed by atoms with van der Waals surface area (Å²) < 4.78 is 5.59. The lowest BCUT2D eigenvalue weighted by molar-refractivity contribution is -0.158. The highest BCUT2D eigenvalue weighted by atomic mass is 16.5. The molecule has 0 amide bonds. The molecule has 1 rings (SSSR count). The molecule has 0 aromatic heterocycles. The number of ether oxygens (including phenoxy) is 1. The lowest BCUT2D eigenvalue weighted by Gasteiger charge is -2.30. The predicted molar refractivity (Wildman–Crippen MR) is 87.9 cm³/mol. The average molecular weight is 290 g/mol. The Kier molecular flexibility index (Phi) is 7.49. The maximum absolute atomic E-state index is 12.5. The fourth-order valence-electron chi connectivity index (χ4n) is 3.10. The Morgan fingerprint density at radius 2 is 1.86 bits per heavy atom.